The molecule has 0 radical (unpaired) electrons. The number of piperazine rings is 1. The van der Waals surface area contributed by atoms with Gasteiger partial charge in [0.2, 0.25) is 0 Å². The van der Waals surface area contributed by atoms with Crippen LogP contribution in [0.2, 0.25) is 0 Å². The molecule has 3 heterocycles. The standard InChI is InChI=1S/C25H24F2N6O2/c1-31-8-10-32(11-9-31)7-2-12-35-19-5-3-18(4-6-19)33-16-24(29-30-33)20-13-17-14-21(26)22(27)15-23(17)28-25(20)34/h2-7,13-16H,8-12H2,1H3,(H,28,34)/b7-2+. The highest BCUT2D eigenvalue weighted by Gasteiger charge is 2.13. The second kappa shape index (κ2) is 9.67. The Hall–Kier alpha value is -4.05. The van der Waals surface area contributed by atoms with Crippen LogP contribution in [-0.4, -0.2) is 69.6 Å². The third-order valence-electron chi connectivity index (χ3n) is 5.96. The summed E-state index contributed by atoms with van der Waals surface area (Å²) >= 11 is 0. The number of benzene rings is 2. The molecule has 1 aliphatic rings. The first-order valence-electron chi connectivity index (χ1n) is 11.2. The Balaban J connectivity index is 1.25. The maximum Gasteiger partial charge on any atom is 0.258 e. The molecule has 0 amide bonds. The van der Waals surface area contributed by atoms with Crippen LogP contribution in [0.25, 0.3) is 27.8 Å². The van der Waals surface area contributed by atoms with E-state index in [-0.39, 0.29) is 11.1 Å². The Morgan fingerprint density at radius 1 is 1.06 bits per heavy atom. The second-order valence-corrected chi connectivity index (χ2v) is 8.44. The van der Waals surface area contributed by atoms with Crippen LogP contribution < -0.4 is 10.3 Å². The molecule has 2 aromatic heterocycles. The first kappa shape index (κ1) is 22.7. The number of hydrogen-bond acceptors (Lipinski definition) is 6. The van der Waals surface area contributed by atoms with Gasteiger partial charge < -0.3 is 19.5 Å². The molecule has 0 aliphatic carbocycles. The molecule has 1 fully saturated rings. The lowest BCUT2D eigenvalue weighted by molar-refractivity contribution is 0.197. The normalized spacial score (nSPS) is 14.8. The number of aromatic amines is 1. The average molecular weight is 479 g/mol. The number of H-pyrrole nitrogens is 1. The summed E-state index contributed by atoms with van der Waals surface area (Å²) < 4.78 is 34.4. The Bertz CT molecular complexity index is 1420. The Kier molecular flexibility index (Phi) is 6.28. The van der Waals surface area contributed by atoms with E-state index in [0.29, 0.717) is 17.7 Å². The van der Waals surface area contributed by atoms with Gasteiger partial charge in [-0.05, 0) is 55.7 Å². The quantitative estimate of drug-likeness (QED) is 0.459. The topological polar surface area (TPSA) is 79.3 Å². The van der Waals surface area contributed by atoms with Gasteiger partial charge in [-0.15, -0.1) is 5.10 Å². The fourth-order valence-corrected chi connectivity index (χ4v) is 3.91. The molecule has 10 heteroatoms. The molecule has 0 spiro atoms. The van der Waals surface area contributed by atoms with Gasteiger partial charge in [-0.25, -0.2) is 13.5 Å². The Morgan fingerprint density at radius 3 is 2.57 bits per heavy atom. The molecule has 180 valence electrons. The highest BCUT2D eigenvalue weighted by Crippen LogP contribution is 2.22. The van der Waals surface area contributed by atoms with E-state index in [0.717, 1.165) is 49.7 Å². The van der Waals surface area contributed by atoms with Crippen LogP contribution in [0.3, 0.4) is 0 Å². The molecule has 0 bridgehead atoms. The molecule has 0 unspecified atom stereocenters. The van der Waals surface area contributed by atoms with Crippen LogP contribution in [0.15, 0.2) is 65.7 Å². The molecule has 1 N–H and O–H groups in total. The van der Waals surface area contributed by atoms with Crippen molar-refractivity contribution in [3.63, 3.8) is 0 Å². The van der Waals surface area contributed by atoms with Gasteiger partial charge in [-0.3, -0.25) is 4.79 Å². The highest BCUT2D eigenvalue weighted by atomic mass is 19.2. The van der Waals surface area contributed by atoms with Gasteiger partial charge in [-0.2, -0.15) is 0 Å². The number of ether oxygens (including phenoxy) is 1. The number of halogens is 2. The van der Waals surface area contributed by atoms with E-state index in [1.165, 1.54) is 10.7 Å². The van der Waals surface area contributed by atoms with Crippen LogP contribution in [-0.2, 0) is 0 Å². The molecule has 35 heavy (non-hydrogen) atoms. The maximum atomic E-state index is 13.6. The number of nitrogens with zero attached hydrogens (tertiary/aromatic N) is 5. The SMILES string of the molecule is CN1CCN(/C=C/COc2ccc(-n3cc(-c4cc5cc(F)c(F)cc5[nH]c4=O)nn3)cc2)CC1. The van der Waals surface area contributed by atoms with Crippen molar-refractivity contribution in [1.82, 2.24) is 29.8 Å². The molecule has 4 aromatic rings. The first-order chi connectivity index (χ1) is 17.0. The summed E-state index contributed by atoms with van der Waals surface area (Å²) in [6.45, 7) is 4.62. The van der Waals surface area contributed by atoms with Gasteiger partial charge in [-0.1, -0.05) is 5.21 Å². The largest absolute Gasteiger partial charge is 0.489 e. The van der Waals surface area contributed by atoms with Gasteiger partial charge in [0.05, 0.1) is 23.0 Å². The number of pyridine rings is 1. The smallest absolute Gasteiger partial charge is 0.258 e. The van der Waals surface area contributed by atoms with Gasteiger partial charge in [0.15, 0.2) is 11.6 Å². The molecule has 0 atom stereocenters. The Morgan fingerprint density at radius 2 is 1.80 bits per heavy atom. The van der Waals surface area contributed by atoms with Gasteiger partial charge in [0.25, 0.3) is 5.56 Å². The van der Waals surface area contributed by atoms with Crippen LogP contribution in [0.5, 0.6) is 5.75 Å². The lowest BCUT2D eigenvalue weighted by Crippen LogP contribution is -2.41. The summed E-state index contributed by atoms with van der Waals surface area (Å²) in [5.41, 5.74) is 0.992. The van der Waals surface area contributed by atoms with Crippen LogP contribution in [0.4, 0.5) is 8.78 Å². The lowest BCUT2D eigenvalue weighted by Gasteiger charge is -2.31. The van der Waals surface area contributed by atoms with Crippen LogP contribution in [0.1, 0.15) is 0 Å². The number of nitrogens with one attached hydrogen (secondary N) is 1. The van der Waals surface area contributed by atoms with Gasteiger partial charge in [0.1, 0.15) is 18.1 Å². The molecule has 0 saturated carbocycles. The zero-order valence-electron chi connectivity index (χ0n) is 19.1. The molecule has 2 aromatic carbocycles. The molecule has 1 aliphatic heterocycles. The summed E-state index contributed by atoms with van der Waals surface area (Å²) in [7, 11) is 2.13. The van der Waals surface area contributed by atoms with E-state index in [4.69, 9.17) is 4.74 Å². The van der Waals surface area contributed by atoms with E-state index in [1.807, 2.05) is 30.3 Å². The Labute approximate surface area is 200 Å². The number of fused-ring (bicyclic) bond motifs is 1. The predicted octanol–water partition coefficient (Wildman–Crippen LogP) is 3.19. The van der Waals surface area contributed by atoms with Crippen molar-refractivity contribution in [2.24, 2.45) is 0 Å². The second-order valence-electron chi connectivity index (χ2n) is 8.44. The van der Waals surface area contributed by atoms with E-state index in [9.17, 15) is 13.6 Å². The van der Waals surface area contributed by atoms with E-state index in [1.54, 1.807) is 6.20 Å². The summed E-state index contributed by atoms with van der Waals surface area (Å²) in [6, 6.07) is 10.8. The number of likely N-dealkylation sites (N-methyl/N-ethyl adjacent to an activating group) is 1. The summed E-state index contributed by atoms with van der Waals surface area (Å²) in [6.07, 6.45) is 5.69. The zero-order chi connectivity index (χ0) is 24.4. The molecule has 1 saturated heterocycles. The summed E-state index contributed by atoms with van der Waals surface area (Å²) in [4.78, 5) is 19.6. The van der Waals surface area contributed by atoms with Crippen molar-refractivity contribution in [2.75, 3.05) is 39.8 Å². The third kappa shape index (κ3) is 5.07. The van der Waals surface area contributed by atoms with Crippen molar-refractivity contribution in [3.8, 4) is 22.7 Å². The maximum absolute atomic E-state index is 13.6. The van der Waals surface area contributed by atoms with Crippen molar-refractivity contribution >= 4 is 10.9 Å². The summed E-state index contributed by atoms with van der Waals surface area (Å²) in [5, 5.41) is 8.53. The van der Waals surface area contributed by atoms with Gasteiger partial charge in [0, 0.05) is 37.6 Å². The lowest BCUT2D eigenvalue weighted by atomic mass is 10.1. The minimum atomic E-state index is -1.02. The van der Waals surface area contributed by atoms with E-state index >= 15 is 0 Å². The third-order valence-corrected chi connectivity index (χ3v) is 5.96. The minimum Gasteiger partial charge on any atom is -0.489 e. The van der Waals surface area contributed by atoms with Crippen molar-refractivity contribution in [3.05, 3.63) is 82.9 Å². The van der Waals surface area contributed by atoms with E-state index < -0.39 is 17.2 Å². The van der Waals surface area contributed by atoms with Crippen molar-refractivity contribution < 1.29 is 13.5 Å². The first-order valence-corrected chi connectivity index (χ1v) is 11.2. The van der Waals surface area contributed by atoms with Gasteiger partial charge >= 0.3 is 0 Å². The number of rotatable bonds is 6. The average Bonchev–Trinajstić information content (AvgIpc) is 3.34. The number of aromatic nitrogens is 4. The van der Waals surface area contributed by atoms with E-state index in [2.05, 4.69) is 38.3 Å². The van der Waals surface area contributed by atoms with Crippen LogP contribution >= 0.6 is 0 Å². The van der Waals surface area contributed by atoms with Crippen molar-refractivity contribution in [2.45, 2.75) is 0 Å². The van der Waals surface area contributed by atoms with Crippen LogP contribution in [0, 0.1) is 11.6 Å². The molecule has 5 rings (SSSR count). The molecule has 8 nitrogen and oxygen atoms in total. The highest BCUT2D eigenvalue weighted by molar-refractivity contribution is 5.82. The fourth-order valence-electron chi connectivity index (χ4n) is 3.91. The zero-order valence-corrected chi connectivity index (χ0v) is 19.1. The molecular formula is C25H24F2N6O2. The monoisotopic (exact) mass is 478 g/mol. The summed E-state index contributed by atoms with van der Waals surface area (Å²) in [5.74, 6) is -1.29. The van der Waals surface area contributed by atoms with Crippen molar-refractivity contribution in [1.29, 1.82) is 0 Å². The predicted molar refractivity (Wildman–Crippen MR) is 129 cm³/mol. The minimum absolute atomic E-state index is 0.207. The molecular weight excluding hydrogens is 454 g/mol. The number of hydrogen-bond donors (Lipinski definition) is 1. The fraction of sp³-hybridized carbons (Fsp3) is 0.240.